The molecule has 1 aromatic rings. The molecule has 4 heteroatoms. The van der Waals surface area contributed by atoms with Crippen LogP contribution in [0, 0.1) is 5.92 Å². The number of nitrogens with zero attached hydrogens (tertiary/aromatic N) is 1. The Morgan fingerprint density at radius 3 is 2.80 bits per heavy atom. The molecular formula is C16H24N2O2. The third-order valence-corrected chi connectivity index (χ3v) is 3.72. The van der Waals surface area contributed by atoms with Crippen LogP contribution in [-0.4, -0.2) is 38.1 Å². The number of rotatable bonds is 5. The van der Waals surface area contributed by atoms with Crippen LogP contribution in [-0.2, 0) is 11.2 Å². The first-order chi connectivity index (χ1) is 9.49. The second kappa shape index (κ2) is 6.27. The van der Waals surface area contributed by atoms with E-state index < -0.39 is 0 Å². The zero-order valence-electron chi connectivity index (χ0n) is 12.8. The van der Waals surface area contributed by atoms with Crippen LogP contribution in [0.2, 0.25) is 0 Å². The summed E-state index contributed by atoms with van der Waals surface area (Å²) in [5, 5.41) is 3.02. The summed E-state index contributed by atoms with van der Waals surface area (Å²) in [6.07, 6.45) is 0.974. The summed E-state index contributed by atoms with van der Waals surface area (Å²) in [5.41, 5.74) is 2.49. The minimum absolute atomic E-state index is 0.0197. The van der Waals surface area contributed by atoms with Crippen LogP contribution < -0.4 is 10.1 Å². The van der Waals surface area contributed by atoms with E-state index >= 15 is 0 Å². The van der Waals surface area contributed by atoms with Gasteiger partial charge in [-0.2, -0.15) is 0 Å². The molecule has 0 saturated carbocycles. The third kappa shape index (κ3) is 3.31. The molecule has 0 saturated heterocycles. The number of likely N-dealkylation sites (N-methyl/N-ethyl adjacent to an activating group) is 1. The molecule has 1 unspecified atom stereocenters. The summed E-state index contributed by atoms with van der Waals surface area (Å²) in [4.78, 5) is 13.9. The number of hydrogen-bond acceptors (Lipinski definition) is 3. The molecule has 1 aromatic carbocycles. The minimum atomic E-state index is 0.0197. The van der Waals surface area contributed by atoms with Crippen LogP contribution in [0.1, 0.15) is 31.0 Å². The van der Waals surface area contributed by atoms with E-state index in [2.05, 4.69) is 22.3 Å². The average Bonchev–Trinajstić information content (AvgIpc) is 2.85. The number of hydrogen-bond donors (Lipinski definition) is 1. The summed E-state index contributed by atoms with van der Waals surface area (Å²) >= 11 is 0. The molecule has 110 valence electrons. The van der Waals surface area contributed by atoms with Crippen LogP contribution in [0.25, 0.3) is 0 Å². The highest BCUT2D eigenvalue weighted by molar-refractivity contribution is 5.77. The summed E-state index contributed by atoms with van der Waals surface area (Å²) in [6.45, 7) is 5.22. The van der Waals surface area contributed by atoms with E-state index in [4.69, 9.17) is 4.74 Å². The highest BCUT2D eigenvalue weighted by Crippen LogP contribution is 2.29. The lowest BCUT2D eigenvalue weighted by molar-refractivity contribution is -0.124. The molecule has 0 spiro atoms. The van der Waals surface area contributed by atoms with Crippen molar-refractivity contribution in [3.63, 3.8) is 0 Å². The molecule has 20 heavy (non-hydrogen) atoms. The van der Waals surface area contributed by atoms with Crippen LogP contribution in [0.4, 0.5) is 0 Å². The zero-order chi connectivity index (χ0) is 14.7. The molecule has 1 N–H and O–H groups in total. The average molecular weight is 276 g/mol. The van der Waals surface area contributed by atoms with Gasteiger partial charge in [0.2, 0.25) is 5.91 Å². The molecule has 0 aliphatic carbocycles. The van der Waals surface area contributed by atoms with E-state index in [1.807, 2.05) is 34.0 Å². The summed E-state index contributed by atoms with van der Waals surface area (Å²) < 4.78 is 5.54. The largest absolute Gasteiger partial charge is 0.493 e. The van der Waals surface area contributed by atoms with Gasteiger partial charge in [0, 0.05) is 18.9 Å². The number of nitrogens with one attached hydrogen (secondary N) is 1. The Bertz CT molecular complexity index is 483. The molecule has 1 atom stereocenters. The molecule has 1 amide bonds. The van der Waals surface area contributed by atoms with E-state index in [-0.39, 0.29) is 17.9 Å². The van der Waals surface area contributed by atoms with Crippen LogP contribution >= 0.6 is 0 Å². The van der Waals surface area contributed by atoms with Gasteiger partial charge in [-0.05, 0) is 31.3 Å². The van der Waals surface area contributed by atoms with E-state index in [1.54, 1.807) is 0 Å². The fraction of sp³-hybridized carbons (Fsp3) is 0.562. The molecule has 1 heterocycles. The third-order valence-electron chi connectivity index (χ3n) is 3.72. The van der Waals surface area contributed by atoms with E-state index in [0.29, 0.717) is 6.54 Å². The first-order valence-electron chi connectivity index (χ1n) is 7.18. The predicted octanol–water partition coefficient (Wildman–Crippen LogP) is 2.00. The van der Waals surface area contributed by atoms with Gasteiger partial charge in [-0.1, -0.05) is 26.0 Å². The number of carbonyl (C=O) groups excluding carboxylic acids is 1. The monoisotopic (exact) mass is 276 g/mol. The van der Waals surface area contributed by atoms with Gasteiger partial charge < -0.3 is 15.0 Å². The molecule has 0 aromatic heterocycles. The topological polar surface area (TPSA) is 41.6 Å². The lowest BCUT2D eigenvalue weighted by Gasteiger charge is -2.26. The Hall–Kier alpha value is -1.55. The normalized spacial score (nSPS) is 15.1. The maximum absolute atomic E-state index is 11.7. The van der Waals surface area contributed by atoms with Gasteiger partial charge in [0.25, 0.3) is 0 Å². The van der Waals surface area contributed by atoms with Gasteiger partial charge in [0.15, 0.2) is 0 Å². The summed E-state index contributed by atoms with van der Waals surface area (Å²) in [6, 6.07) is 6.52. The van der Waals surface area contributed by atoms with Crippen molar-refractivity contribution in [2.45, 2.75) is 26.3 Å². The van der Waals surface area contributed by atoms with Crippen molar-refractivity contribution in [3.05, 3.63) is 29.3 Å². The Kier molecular flexibility index (Phi) is 4.65. The maximum Gasteiger partial charge on any atom is 0.222 e. The van der Waals surface area contributed by atoms with Gasteiger partial charge in [-0.3, -0.25) is 4.79 Å². The second-order valence-electron chi connectivity index (χ2n) is 5.84. The lowest BCUT2D eigenvalue weighted by atomic mass is 10.0. The standard InChI is InChI=1S/C16H24N2O2/c1-11(2)16(19)17-10-14(18(3)4)12-5-6-15-13(9-12)7-8-20-15/h5-6,9,11,14H,7-8,10H2,1-4H3,(H,17,19). The molecule has 0 fully saturated rings. The lowest BCUT2D eigenvalue weighted by Crippen LogP contribution is -2.36. The summed E-state index contributed by atoms with van der Waals surface area (Å²) in [7, 11) is 4.08. The number of ether oxygens (including phenoxy) is 1. The molecule has 1 aliphatic heterocycles. The second-order valence-corrected chi connectivity index (χ2v) is 5.84. The van der Waals surface area contributed by atoms with Crippen molar-refractivity contribution >= 4 is 5.91 Å². The van der Waals surface area contributed by atoms with Gasteiger partial charge in [-0.25, -0.2) is 0 Å². The maximum atomic E-state index is 11.7. The Morgan fingerprint density at radius 1 is 1.40 bits per heavy atom. The molecule has 0 radical (unpaired) electrons. The molecule has 4 nitrogen and oxygen atoms in total. The van der Waals surface area contributed by atoms with Crippen molar-refractivity contribution in [2.75, 3.05) is 27.2 Å². The quantitative estimate of drug-likeness (QED) is 0.894. The van der Waals surface area contributed by atoms with Crippen molar-refractivity contribution in [3.8, 4) is 5.75 Å². The summed E-state index contributed by atoms with van der Waals surface area (Å²) in [5.74, 6) is 1.12. The van der Waals surface area contributed by atoms with Gasteiger partial charge in [0.1, 0.15) is 5.75 Å². The molecular weight excluding hydrogens is 252 g/mol. The van der Waals surface area contributed by atoms with Gasteiger partial charge in [-0.15, -0.1) is 0 Å². The Labute approximate surface area is 121 Å². The Morgan fingerprint density at radius 2 is 2.15 bits per heavy atom. The number of carbonyl (C=O) groups is 1. The minimum Gasteiger partial charge on any atom is -0.493 e. The van der Waals surface area contributed by atoms with Crippen LogP contribution in [0.5, 0.6) is 5.75 Å². The molecule has 0 bridgehead atoms. The highest BCUT2D eigenvalue weighted by Gasteiger charge is 2.19. The number of fused-ring (bicyclic) bond motifs is 1. The fourth-order valence-corrected chi connectivity index (χ4v) is 2.41. The highest BCUT2D eigenvalue weighted by atomic mass is 16.5. The molecule has 2 rings (SSSR count). The first kappa shape index (κ1) is 14.9. The van der Waals surface area contributed by atoms with Crippen molar-refractivity contribution in [1.82, 2.24) is 10.2 Å². The van der Waals surface area contributed by atoms with Crippen molar-refractivity contribution in [2.24, 2.45) is 5.92 Å². The Balaban J connectivity index is 2.10. The molecule has 1 aliphatic rings. The smallest absolute Gasteiger partial charge is 0.222 e. The predicted molar refractivity (Wildman–Crippen MR) is 79.9 cm³/mol. The SMILES string of the molecule is CC(C)C(=O)NCC(c1ccc2c(c1)CCO2)N(C)C. The van der Waals surface area contributed by atoms with E-state index in [9.17, 15) is 4.79 Å². The van der Waals surface area contributed by atoms with Gasteiger partial charge >= 0.3 is 0 Å². The van der Waals surface area contributed by atoms with E-state index in [0.717, 1.165) is 18.8 Å². The zero-order valence-corrected chi connectivity index (χ0v) is 12.8. The first-order valence-corrected chi connectivity index (χ1v) is 7.18. The van der Waals surface area contributed by atoms with Crippen molar-refractivity contribution in [1.29, 1.82) is 0 Å². The van der Waals surface area contributed by atoms with Crippen molar-refractivity contribution < 1.29 is 9.53 Å². The number of amides is 1. The van der Waals surface area contributed by atoms with Gasteiger partial charge in [0.05, 0.1) is 12.6 Å². The van der Waals surface area contributed by atoms with E-state index in [1.165, 1.54) is 11.1 Å². The van der Waals surface area contributed by atoms with Crippen LogP contribution in [0.3, 0.4) is 0 Å². The fourth-order valence-electron chi connectivity index (χ4n) is 2.41. The number of benzene rings is 1. The van der Waals surface area contributed by atoms with Crippen LogP contribution in [0.15, 0.2) is 18.2 Å².